The quantitative estimate of drug-likeness (QED) is 0.330. The summed E-state index contributed by atoms with van der Waals surface area (Å²) in [5.74, 6) is 4.09. The fourth-order valence-electron chi connectivity index (χ4n) is 5.91. The molecule has 4 rings (SSSR count). The van der Waals surface area contributed by atoms with Gasteiger partial charge in [0, 0.05) is 9.49 Å². The summed E-state index contributed by atoms with van der Waals surface area (Å²) < 4.78 is 1.37. The van der Waals surface area contributed by atoms with Crippen LogP contribution in [0.25, 0.3) is 0 Å². The standard InChI is InChI=1S/C25H31I/c1-5-16-7-8-18(13-17(16)6-2)19-9-11-21-22-12-10-20(26)15-24(22)25(3,4)23(21)14-19/h5,7-12,15-19,21,23H,1,6,13-14H2,2-4H3. The maximum Gasteiger partial charge on any atom is 0.0133 e. The van der Waals surface area contributed by atoms with E-state index in [1.807, 2.05) is 0 Å². The van der Waals surface area contributed by atoms with Gasteiger partial charge in [-0.3, -0.25) is 0 Å². The maximum atomic E-state index is 4.05. The van der Waals surface area contributed by atoms with Gasteiger partial charge in [0.2, 0.25) is 0 Å². The van der Waals surface area contributed by atoms with Crippen molar-refractivity contribution in [3.63, 3.8) is 0 Å². The summed E-state index contributed by atoms with van der Waals surface area (Å²) in [6, 6.07) is 7.10. The van der Waals surface area contributed by atoms with Crippen molar-refractivity contribution < 1.29 is 0 Å². The molecule has 0 nitrogen and oxygen atoms in total. The van der Waals surface area contributed by atoms with Crippen molar-refractivity contribution in [3.05, 3.63) is 69.9 Å². The number of benzene rings is 1. The third kappa shape index (κ3) is 2.95. The molecule has 0 radical (unpaired) electrons. The number of rotatable bonds is 3. The van der Waals surface area contributed by atoms with Crippen LogP contribution in [-0.4, -0.2) is 0 Å². The van der Waals surface area contributed by atoms with Crippen molar-refractivity contribution in [2.24, 2.45) is 29.6 Å². The molecule has 1 aromatic carbocycles. The Kier molecular flexibility index (Phi) is 4.96. The Labute approximate surface area is 173 Å². The minimum atomic E-state index is 0.274. The van der Waals surface area contributed by atoms with Gasteiger partial charge in [-0.1, -0.05) is 63.6 Å². The Morgan fingerprint density at radius 3 is 2.58 bits per heavy atom. The van der Waals surface area contributed by atoms with Gasteiger partial charge in [0.15, 0.2) is 0 Å². The molecule has 1 aromatic rings. The molecule has 3 aliphatic carbocycles. The molecule has 1 heteroatoms. The molecule has 6 atom stereocenters. The second-order valence-corrected chi connectivity index (χ2v) is 10.4. The van der Waals surface area contributed by atoms with E-state index in [9.17, 15) is 0 Å². The first-order chi connectivity index (χ1) is 12.5. The average molecular weight is 458 g/mol. The van der Waals surface area contributed by atoms with E-state index in [2.05, 4.69) is 98.5 Å². The molecule has 26 heavy (non-hydrogen) atoms. The first-order valence-electron chi connectivity index (χ1n) is 10.2. The van der Waals surface area contributed by atoms with Gasteiger partial charge >= 0.3 is 0 Å². The maximum absolute atomic E-state index is 4.05. The summed E-state index contributed by atoms with van der Waals surface area (Å²) >= 11 is 2.46. The van der Waals surface area contributed by atoms with E-state index in [4.69, 9.17) is 0 Å². The molecular formula is C25H31I. The molecule has 0 saturated heterocycles. The van der Waals surface area contributed by atoms with Crippen molar-refractivity contribution >= 4 is 22.6 Å². The van der Waals surface area contributed by atoms with Crippen LogP contribution in [0.2, 0.25) is 0 Å². The van der Waals surface area contributed by atoms with E-state index in [-0.39, 0.29) is 5.41 Å². The molecule has 0 heterocycles. The zero-order chi connectivity index (χ0) is 18.5. The summed E-state index contributed by atoms with van der Waals surface area (Å²) in [6.07, 6.45) is 16.1. The molecule has 0 aromatic heterocycles. The molecule has 0 bridgehead atoms. The monoisotopic (exact) mass is 458 g/mol. The number of halogens is 1. The highest BCUT2D eigenvalue weighted by molar-refractivity contribution is 14.1. The zero-order valence-corrected chi connectivity index (χ0v) is 18.4. The van der Waals surface area contributed by atoms with Crippen molar-refractivity contribution in [3.8, 4) is 0 Å². The Morgan fingerprint density at radius 1 is 1.12 bits per heavy atom. The molecule has 0 N–H and O–H groups in total. The van der Waals surface area contributed by atoms with Crippen LogP contribution in [0.5, 0.6) is 0 Å². The third-order valence-corrected chi connectivity index (χ3v) is 8.24. The van der Waals surface area contributed by atoms with Gasteiger partial charge in [0.1, 0.15) is 0 Å². The summed E-state index contributed by atoms with van der Waals surface area (Å²) in [7, 11) is 0. The number of allylic oxidation sites excluding steroid dienone is 5. The Balaban J connectivity index is 1.61. The normalized spacial score (nSPS) is 37.2. The number of fused-ring (bicyclic) bond motifs is 3. The first kappa shape index (κ1) is 18.5. The largest absolute Gasteiger partial charge is 0.102 e. The van der Waals surface area contributed by atoms with Gasteiger partial charge in [-0.25, -0.2) is 0 Å². The smallest absolute Gasteiger partial charge is 0.0133 e. The van der Waals surface area contributed by atoms with Crippen LogP contribution in [0.15, 0.2) is 55.2 Å². The number of hydrogen-bond donors (Lipinski definition) is 0. The zero-order valence-electron chi connectivity index (χ0n) is 16.3. The molecule has 0 fully saturated rings. The van der Waals surface area contributed by atoms with Crippen LogP contribution in [0, 0.1) is 33.2 Å². The second-order valence-electron chi connectivity index (χ2n) is 9.14. The van der Waals surface area contributed by atoms with E-state index in [1.54, 1.807) is 11.1 Å². The fraction of sp³-hybridized carbons (Fsp3) is 0.520. The van der Waals surface area contributed by atoms with Crippen LogP contribution >= 0.6 is 22.6 Å². The molecule has 0 spiro atoms. The lowest BCUT2D eigenvalue weighted by atomic mass is 9.64. The van der Waals surface area contributed by atoms with Crippen LogP contribution < -0.4 is 0 Å². The Hall–Kier alpha value is -0.830. The van der Waals surface area contributed by atoms with Crippen molar-refractivity contribution in [2.45, 2.75) is 51.4 Å². The van der Waals surface area contributed by atoms with Gasteiger partial charge in [-0.2, -0.15) is 0 Å². The summed E-state index contributed by atoms with van der Waals surface area (Å²) in [5, 5.41) is 0. The topological polar surface area (TPSA) is 0 Å². The molecule has 0 aliphatic heterocycles. The third-order valence-electron chi connectivity index (χ3n) is 7.57. The average Bonchev–Trinajstić information content (AvgIpc) is 2.88. The van der Waals surface area contributed by atoms with E-state index in [0.29, 0.717) is 23.7 Å². The summed E-state index contributed by atoms with van der Waals surface area (Å²) in [4.78, 5) is 0. The lowest BCUT2D eigenvalue weighted by Gasteiger charge is -2.40. The SMILES string of the molecule is C=CC1C=CC(C2C=CC3c4ccc(I)cc4C(C)(C)C3C2)CC1CC. The van der Waals surface area contributed by atoms with Crippen LogP contribution in [0.4, 0.5) is 0 Å². The van der Waals surface area contributed by atoms with Gasteiger partial charge in [-0.15, -0.1) is 6.58 Å². The highest BCUT2D eigenvalue weighted by Crippen LogP contribution is 2.56. The van der Waals surface area contributed by atoms with Crippen molar-refractivity contribution in [2.75, 3.05) is 0 Å². The van der Waals surface area contributed by atoms with Gasteiger partial charge in [0.25, 0.3) is 0 Å². The Morgan fingerprint density at radius 2 is 1.85 bits per heavy atom. The highest BCUT2D eigenvalue weighted by Gasteiger charge is 2.48. The first-order valence-corrected chi connectivity index (χ1v) is 11.3. The Bertz CT molecular complexity index is 753. The molecule has 138 valence electrons. The van der Waals surface area contributed by atoms with E-state index >= 15 is 0 Å². The lowest BCUT2D eigenvalue weighted by molar-refractivity contribution is 0.213. The van der Waals surface area contributed by atoms with E-state index in [0.717, 1.165) is 11.8 Å². The van der Waals surface area contributed by atoms with Gasteiger partial charge in [0.05, 0.1) is 0 Å². The minimum Gasteiger partial charge on any atom is -0.102 e. The molecule has 3 aliphatic rings. The second kappa shape index (κ2) is 6.96. The van der Waals surface area contributed by atoms with Crippen LogP contribution in [0.3, 0.4) is 0 Å². The fourth-order valence-corrected chi connectivity index (χ4v) is 6.41. The highest BCUT2D eigenvalue weighted by atomic mass is 127. The van der Waals surface area contributed by atoms with Crippen LogP contribution in [0.1, 0.15) is 57.1 Å². The van der Waals surface area contributed by atoms with Gasteiger partial charge < -0.3 is 0 Å². The van der Waals surface area contributed by atoms with Crippen molar-refractivity contribution in [1.29, 1.82) is 0 Å². The summed E-state index contributed by atoms with van der Waals surface area (Å²) in [6.45, 7) is 11.3. The van der Waals surface area contributed by atoms with Crippen molar-refractivity contribution in [1.82, 2.24) is 0 Å². The van der Waals surface area contributed by atoms with E-state index in [1.165, 1.54) is 22.8 Å². The van der Waals surface area contributed by atoms with E-state index < -0.39 is 0 Å². The van der Waals surface area contributed by atoms with Gasteiger partial charge in [-0.05, 0) is 93.7 Å². The molecule has 6 unspecified atom stereocenters. The predicted octanol–water partition coefficient (Wildman–Crippen LogP) is 7.26. The molecular weight excluding hydrogens is 427 g/mol. The van der Waals surface area contributed by atoms with Crippen LogP contribution in [-0.2, 0) is 5.41 Å². The predicted molar refractivity (Wildman–Crippen MR) is 120 cm³/mol. The molecule has 0 saturated carbocycles. The molecule has 0 amide bonds. The lowest BCUT2D eigenvalue weighted by Crippen LogP contribution is -2.33. The summed E-state index contributed by atoms with van der Waals surface area (Å²) in [5.41, 5.74) is 3.44. The minimum absolute atomic E-state index is 0.274. The number of hydrogen-bond acceptors (Lipinski definition) is 0.